The van der Waals surface area contributed by atoms with E-state index >= 15 is 0 Å². The van der Waals surface area contributed by atoms with Gasteiger partial charge in [-0.3, -0.25) is 14.9 Å². The first-order chi connectivity index (χ1) is 8.54. The maximum absolute atomic E-state index is 11.6. The molecule has 1 rings (SSSR count). The van der Waals surface area contributed by atoms with Crippen molar-refractivity contribution in [1.82, 2.24) is 10.3 Å². The maximum Gasteiger partial charge on any atom is 0.363 e. The van der Waals surface area contributed by atoms with Gasteiger partial charge in [0.05, 0.1) is 5.56 Å². The lowest BCUT2D eigenvalue weighted by molar-refractivity contribution is -0.389. The van der Waals surface area contributed by atoms with E-state index in [1.54, 1.807) is 0 Å². The standard InChI is InChI=1S/C11H13N3O4/c1-2-3-4-10(15)13-11(16)8-5-6-9(12-7-8)14(17)18/h5-7H,2-4H2,1H3,(H,13,15,16). The van der Waals surface area contributed by atoms with Crippen LogP contribution in [-0.2, 0) is 4.79 Å². The fraction of sp³-hybridized carbons (Fsp3) is 0.364. The predicted octanol–water partition coefficient (Wildman–Crippen LogP) is 1.44. The molecule has 0 atom stereocenters. The first-order valence-corrected chi connectivity index (χ1v) is 5.49. The molecule has 0 saturated heterocycles. The Morgan fingerprint density at radius 3 is 2.67 bits per heavy atom. The molecular formula is C11H13N3O4. The van der Waals surface area contributed by atoms with Crippen molar-refractivity contribution in [1.29, 1.82) is 0 Å². The van der Waals surface area contributed by atoms with Gasteiger partial charge in [0.2, 0.25) is 5.91 Å². The Morgan fingerprint density at radius 1 is 1.44 bits per heavy atom. The Bertz CT molecular complexity index is 456. The van der Waals surface area contributed by atoms with Crippen molar-refractivity contribution >= 4 is 17.6 Å². The molecule has 0 bridgehead atoms. The van der Waals surface area contributed by atoms with Crippen molar-refractivity contribution in [2.45, 2.75) is 26.2 Å². The summed E-state index contributed by atoms with van der Waals surface area (Å²) in [5, 5.41) is 12.6. The average Bonchev–Trinajstić information content (AvgIpc) is 2.36. The SMILES string of the molecule is CCCCC(=O)NC(=O)c1ccc([N+](=O)[O-])nc1. The summed E-state index contributed by atoms with van der Waals surface area (Å²) in [6.45, 7) is 1.94. The fourth-order valence-electron chi connectivity index (χ4n) is 1.23. The number of pyridine rings is 1. The highest BCUT2D eigenvalue weighted by molar-refractivity contribution is 6.04. The molecular weight excluding hydrogens is 238 g/mol. The number of hydrogen-bond donors (Lipinski definition) is 1. The van der Waals surface area contributed by atoms with Crippen LogP contribution in [0.5, 0.6) is 0 Å². The summed E-state index contributed by atoms with van der Waals surface area (Å²) < 4.78 is 0. The van der Waals surface area contributed by atoms with Crippen LogP contribution < -0.4 is 5.32 Å². The highest BCUT2D eigenvalue weighted by atomic mass is 16.6. The highest BCUT2D eigenvalue weighted by Crippen LogP contribution is 2.07. The van der Waals surface area contributed by atoms with Gasteiger partial charge in [-0.1, -0.05) is 13.3 Å². The molecule has 0 aliphatic carbocycles. The van der Waals surface area contributed by atoms with Gasteiger partial charge in [0, 0.05) is 12.5 Å². The fourth-order valence-corrected chi connectivity index (χ4v) is 1.23. The smallest absolute Gasteiger partial charge is 0.358 e. The molecule has 18 heavy (non-hydrogen) atoms. The van der Waals surface area contributed by atoms with E-state index in [9.17, 15) is 19.7 Å². The first kappa shape index (κ1) is 13.8. The van der Waals surface area contributed by atoms with E-state index in [-0.39, 0.29) is 23.7 Å². The Hall–Kier alpha value is -2.31. The lowest BCUT2D eigenvalue weighted by atomic mass is 10.2. The maximum atomic E-state index is 11.6. The van der Waals surface area contributed by atoms with Gasteiger partial charge in [0.15, 0.2) is 6.20 Å². The van der Waals surface area contributed by atoms with Crippen molar-refractivity contribution in [2.24, 2.45) is 0 Å². The minimum Gasteiger partial charge on any atom is -0.358 e. The van der Waals surface area contributed by atoms with Crippen molar-refractivity contribution in [3.05, 3.63) is 34.0 Å². The Labute approximate surface area is 103 Å². The van der Waals surface area contributed by atoms with Crippen LogP contribution in [0.3, 0.4) is 0 Å². The van der Waals surface area contributed by atoms with Gasteiger partial charge in [0.1, 0.15) is 0 Å². The Balaban J connectivity index is 2.61. The number of unbranched alkanes of at least 4 members (excludes halogenated alkanes) is 1. The predicted molar refractivity (Wildman–Crippen MR) is 62.9 cm³/mol. The molecule has 0 spiro atoms. The largest absolute Gasteiger partial charge is 0.363 e. The molecule has 0 radical (unpaired) electrons. The van der Waals surface area contributed by atoms with E-state index in [1.807, 2.05) is 6.92 Å². The molecule has 7 heteroatoms. The number of nitro groups is 1. The zero-order chi connectivity index (χ0) is 13.5. The summed E-state index contributed by atoms with van der Waals surface area (Å²) >= 11 is 0. The zero-order valence-corrected chi connectivity index (χ0v) is 9.88. The molecule has 1 aromatic heterocycles. The third kappa shape index (κ3) is 3.93. The second-order valence-corrected chi connectivity index (χ2v) is 3.64. The van der Waals surface area contributed by atoms with Crippen molar-refractivity contribution in [3.8, 4) is 0 Å². The molecule has 0 aliphatic rings. The van der Waals surface area contributed by atoms with E-state index in [0.29, 0.717) is 6.42 Å². The lowest BCUT2D eigenvalue weighted by Gasteiger charge is -2.02. The van der Waals surface area contributed by atoms with E-state index < -0.39 is 10.8 Å². The van der Waals surface area contributed by atoms with Crippen molar-refractivity contribution < 1.29 is 14.5 Å². The molecule has 0 unspecified atom stereocenters. The minimum atomic E-state index is -0.659. The lowest BCUT2D eigenvalue weighted by Crippen LogP contribution is -2.30. The first-order valence-electron chi connectivity index (χ1n) is 5.49. The molecule has 2 amide bonds. The monoisotopic (exact) mass is 251 g/mol. The molecule has 0 saturated carbocycles. The van der Waals surface area contributed by atoms with Crippen LogP contribution in [0.1, 0.15) is 36.5 Å². The van der Waals surface area contributed by atoms with Gasteiger partial charge in [-0.25, -0.2) is 0 Å². The van der Waals surface area contributed by atoms with Crippen molar-refractivity contribution in [2.75, 3.05) is 0 Å². The van der Waals surface area contributed by atoms with Gasteiger partial charge < -0.3 is 10.1 Å². The van der Waals surface area contributed by atoms with E-state index in [2.05, 4.69) is 10.3 Å². The van der Waals surface area contributed by atoms with Gasteiger partial charge >= 0.3 is 5.82 Å². The number of aromatic nitrogens is 1. The summed E-state index contributed by atoms with van der Waals surface area (Å²) in [6, 6.07) is 2.37. The van der Waals surface area contributed by atoms with E-state index in [4.69, 9.17) is 0 Å². The van der Waals surface area contributed by atoms with Crippen LogP contribution >= 0.6 is 0 Å². The highest BCUT2D eigenvalue weighted by Gasteiger charge is 2.13. The van der Waals surface area contributed by atoms with Crippen molar-refractivity contribution in [3.63, 3.8) is 0 Å². The normalized spacial score (nSPS) is 9.83. The number of hydrogen-bond acceptors (Lipinski definition) is 5. The average molecular weight is 251 g/mol. The summed E-state index contributed by atoms with van der Waals surface area (Å²) in [4.78, 5) is 36.1. The van der Waals surface area contributed by atoms with E-state index in [1.165, 1.54) is 6.07 Å². The van der Waals surface area contributed by atoms with Crippen LogP contribution in [0.2, 0.25) is 0 Å². The number of imide groups is 1. The molecule has 0 fully saturated rings. The molecule has 96 valence electrons. The molecule has 0 aliphatic heterocycles. The number of nitrogens with one attached hydrogen (secondary N) is 1. The van der Waals surface area contributed by atoms with Crippen LogP contribution in [0.15, 0.2) is 18.3 Å². The van der Waals surface area contributed by atoms with Crippen LogP contribution in [0, 0.1) is 10.1 Å². The molecule has 7 nitrogen and oxygen atoms in total. The van der Waals surface area contributed by atoms with Gasteiger partial charge in [-0.05, 0) is 22.4 Å². The van der Waals surface area contributed by atoms with Crippen LogP contribution in [-0.4, -0.2) is 21.7 Å². The quantitative estimate of drug-likeness (QED) is 0.630. The van der Waals surface area contributed by atoms with Crippen LogP contribution in [0.25, 0.3) is 0 Å². The molecule has 0 aromatic carbocycles. The number of carbonyl (C=O) groups excluding carboxylic acids is 2. The van der Waals surface area contributed by atoms with Crippen LogP contribution in [0.4, 0.5) is 5.82 Å². The minimum absolute atomic E-state index is 0.116. The van der Waals surface area contributed by atoms with E-state index in [0.717, 1.165) is 18.7 Å². The summed E-state index contributed by atoms with van der Waals surface area (Å²) in [5.74, 6) is -1.30. The molecule has 1 N–H and O–H groups in total. The molecule has 1 aromatic rings. The third-order valence-corrected chi connectivity index (χ3v) is 2.21. The number of rotatable bonds is 5. The summed E-state index contributed by atoms with van der Waals surface area (Å²) in [5.41, 5.74) is 0.116. The Kier molecular flexibility index (Phi) is 4.91. The zero-order valence-electron chi connectivity index (χ0n) is 9.88. The Morgan fingerprint density at radius 2 is 2.17 bits per heavy atom. The van der Waals surface area contributed by atoms with Gasteiger partial charge in [-0.15, -0.1) is 0 Å². The number of carbonyl (C=O) groups is 2. The second kappa shape index (κ2) is 6.43. The third-order valence-electron chi connectivity index (χ3n) is 2.21. The second-order valence-electron chi connectivity index (χ2n) is 3.64. The summed E-state index contributed by atoms with van der Waals surface area (Å²) in [7, 11) is 0. The van der Waals surface area contributed by atoms with Gasteiger partial charge in [0.25, 0.3) is 5.91 Å². The molecule has 1 heterocycles. The summed E-state index contributed by atoms with van der Waals surface area (Å²) in [6.07, 6.45) is 2.92. The number of nitrogens with zero attached hydrogens (tertiary/aromatic N) is 2. The number of amides is 2. The van der Waals surface area contributed by atoms with Gasteiger partial charge in [-0.2, -0.15) is 0 Å². The topological polar surface area (TPSA) is 102 Å².